The van der Waals surface area contributed by atoms with Gasteiger partial charge >= 0.3 is 5.97 Å². The van der Waals surface area contributed by atoms with Crippen LogP contribution in [0.3, 0.4) is 0 Å². The number of para-hydroxylation sites is 1. The van der Waals surface area contributed by atoms with Crippen LogP contribution in [0.1, 0.15) is 40.0 Å². The van der Waals surface area contributed by atoms with Gasteiger partial charge in [0.15, 0.2) is 6.10 Å². The van der Waals surface area contributed by atoms with Gasteiger partial charge in [0.25, 0.3) is 0 Å². The second-order valence-electron chi connectivity index (χ2n) is 7.90. The summed E-state index contributed by atoms with van der Waals surface area (Å²) >= 11 is 0. The Morgan fingerprint density at radius 1 is 1.14 bits per heavy atom. The molecule has 4 rings (SSSR count). The second-order valence-corrected chi connectivity index (χ2v) is 7.90. The van der Waals surface area contributed by atoms with Gasteiger partial charge in [-0.25, -0.2) is 4.79 Å². The van der Waals surface area contributed by atoms with Crippen LogP contribution in [0.15, 0.2) is 95.8 Å². The minimum Gasteiger partial charge on any atom is -0.460 e. The molecule has 4 aromatic rings. The van der Waals surface area contributed by atoms with Gasteiger partial charge < -0.3 is 19.0 Å². The van der Waals surface area contributed by atoms with Crippen LogP contribution in [0.5, 0.6) is 0 Å². The average Bonchev–Trinajstić information content (AvgIpc) is 3.38. The van der Waals surface area contributed by atoms with Gasteiger partial charge in [-0.05, 0) is 47.5 Å². The Balaban J connectivity index is 1.68. The van der Waals surface area contributed by atoms with Gasteiger partial charge in [-0.3, -0.25) is 9.97 Å². The van der Waals surface area contributed by atoms with Gasteiger partial charge in [-0.1, -0.05) is 30.9 Å². The molecular formula is C28H26N2O5. The minimum absolute atomic E-state index is 0.250. The number of aliphatic hydroxyl groups is 1. The molecule has 0 aliphatic rings. The fraction of sp³-hybridized carbons (Fsp3) is 0.179. The van der Waals surface area contributed by atoms with Crippen molar-refractivity contribution < 1.29 is 23.8 Å². The SMILES string of the molecule is C=C(COC)/C(=C/C[C@H](OC(=O)c1ccncc1)c1ccc(CO)o1)c1cnc2ccccc2c1. The van der Waals surface area contributed by atoms with E-state index in [1.54, 1.807) is 37.6 Å². The molecular weight excluding hydrogens is 444 g/mol. The molecule has 3 aromatic heterocycles. The number of benzene rings is 1. The lowest BCUT2D eigenvalue weighted by Crippen LogP contribution is -2.11. The molecule has 0 amide bonds. The predicted octanol–water partition coefficient (Wildman–Crippen LogP) is 5.29. The number of carbonyl (C=O) groups excluding carboxylic acids is 1. The molecule has 0 saturated carbocycles. The van der Waals surface area contributed by atoms with E-state index in [0.717, 1.165) is 27.6 Å². The number of aliphatic hydroxyl groups excluding tert-OH is 1. The normalized spacial score (nSPS) is 12.5. The van der Waals surface area contributed by atoms with Gasteiger partial charge in [0.1, 0.15) is 18.1 Å². The number of hydrogen-bond donors (Lipinski definition) is 1. The number of fused-ring (bicyclic) bond motifs is 1. The zero-order chi connectivity index (χ0) is 24.6. The maximum atomic E-state index is 12.8. The number of esters is 1. The summed E-state index contributed by atoms with van der Waals surface area (Å²) in [6.45, 7) is 4.26. The van der Waals surface area contributed by atoms with E-state index in [9.17, 15) is 9.90 Å². The summed E-state index contributed by atoms with van der Waals surface area (Å²) in [4.78, 5) is 21.3. The number of aromatic nitrogens is 2. The number of furan rings is 1. The lowest BCUT2D eigenvalue weighted by molar-refractivity contribution is 0.0246. The first kappa shape index (κ1) is 24.1. The van der Waals surface area contributed by atoms with Crippen molar-refractivity contribution >= 4 is 22.4 Å². The largest absolute Gasteiger partial charge is 0.460 e. The Labute approximate surface area is 203 Å². The summed E-state index contributed by atoms with van der Waals surface area (Å²) in [5, 5.41) is 10.4. The predicted molar refractivity (Wildman–Crippen MR) is 132 cm³/mol. The van der Waals surface area contributed by atoms with Crippen LogP contribution in [0, 0.1) is 0 Å². The van der Waals surface area contributed by atoms with Crippen LogP contribution in [0.25, 0.3) is 16.5 Å². The molecule has 0 radical (unpaired) electrons. The van der Waals surface area contributed by atoms with Gasteiger partial charge in [0, 0.05) is 43.1 Å². The Morgan fingerprint density at radius 3 is 2.69 bits per heavy atom. The summed E-state index contributed by atoms with van der Waals surface area (Å²) in [6.07, 6.45) is 6.38. The zero-order valence-electron chi connectivity index (χ0n) is 19.4. The minimum atomic E-state index is -0.727. The monoisotopic (exact) mass is 470 g/mol. The molecule has 7 nitrogen and oxygen atoms in total. The van der Waals surface area contributed by atoms with Crippen molar-refractivity contribution in [2.75, 3.05) is 13.7 Å². The van der Waals surface area contributed by atoms with E-state index in [-0.39, 0.29) is 6.61 Å². The second kappa shape index (κ2) is 11.4. The van der Waals surface area contributed by atoms with Crippen molar-refractivity contribution in [3.63, 3.8) is 0 Å². The number of methoxy groups -OCH3 is 1. The van der Waals surface area contributed by atoms with Crippen molar-refractivity contribution in [1.29, 1.82) is 0 Å². The smallest absolute Gasteiger partial charge is 0.338 e. The summed E-state index contributed by atoms with van der Waals surface area (Å²) in [7, 11) is 1.61. The lowest BCUT2D eigenvalue weighted by Gasteiger charge is -2.17. The van der Waals surface area contributed by atoms with Crippen molar-refractivity contribution in [3.05, 3.63) is 114 Å². The van der Waals surface area contributed by atoms with Crippen molar-refractivity contribution in [2.24, 2.45) is 0 Å². The number of nitrogens with zero attached hydrogens (tertiary/aromatic N) is 2. The number of hydrogen-bond acceptors (Lipinski definition) is 7. The average molecular weight is 471 g/mol. The van der Waals surface area contributed by atoms with Crippen LogP contribution in [0.2, 0.25) is 0 Å². The Bertz CT molecular complexity index is 1340. The van der Waals surface area contributed by atoms with Crippen molar-refractivity contribution in [1.82, 2.24) is 9.97 Å². The molecule has 35 heavy (non-hydrogen) atoms. The van der Waals surface area contributed by atoms with E-state index in [0.29, 0.717) is 30.1 Å². The molecule has 0 spiro atoms. The highest BCUT2D eigenvalue weighted by atomic mass is 16.6. The third-order valence-electron chi connectivity index (χ3n) is 5.46. The highest BCUT2D eigenvalue weighted by Gasteiger charge is 2.21. The molecule has 1 atom stereocenters. The summed E-state index contributed by atoms with van der Waals surface area (Å²) < 4.78 is 16.8. The van der Waals surface area contributed by atoms with Gasteiger partial charge in [0.2, 0.25) is 0 Å². The van der Waals surface area contributed by atoms with Crippen molar-refractivity contribution in [2.45, 2.75) is 19.1 Å². The molecule has 0 aliphatic carbocycles. The summed E-state index contributed by atoms with van der Waals surface area (Å²) in [5.74, 6) is 0.315. The standard InChI is InChI=1S/C28H26N2O5/c1-19(18-33-2)24(22-15-21-5-3-4-6-25(21)30-16-22)8-10-27(26-9-7-23(17-31)34-26)35-28(32)20-11-13-29-14-12-20/h3-9,11-16,27,31H,1,10,17-18H2,2H3/b24-8-/t27-/m0/s1. The van der Waals surface area contributed by atoms with E-state index in [2.05, 4.69) is 16.5 Å². The molecule has 0 saturated heterocycles. The summed E-state index contributed by atoms with van der Waals surface area (Å²) in [5.41, 5.74) is 3.75. The molecule has 1 aromatic carbocycles. The first-order valence-corrected chi connectivity index (χ1v) is 11.1. The topological polar surface area (TPSA) is 94.7 Å². The third-order valence-corrected chi connectivity index (χ3v) is 5.46. The van der Waals surface area contributed by atoms with E-state index in [4.69, 9.17) is 13.9 Å². The van der Waals surface area contributed by atoms with E-state index in [1.807, 2.05) is 36.4 Å². The van der Waals surface area contributed by atoms with Crippen LogP contribution in [-0.4, -0.2) is 34.8 Å². The first-order chi connectivity index (χ1) is 17.1. The number of pyridine rings is 2. The molecule has 0 fully saturated rings. The van der Waals surface area contributed by atoms with E-state index < -0.39 is 12.1 Å². The summed E-state index contributed by atoms with van der Waals surface area (Å²) in [6, 6.07) is 16.4. The zero-order valence-corrected chi connectivity index (χ0v) is 19.4. The maximum Gasteiger partial charge on any atom is 0.338 e. The lowest BCUT2D eigenvalue weighted by atomic mass is 9.97. The first-order valence-electron chi connectivity index (χ1n) is 11.1. The molecule has 7 heteroatoms. The molecule has 0 unspecified atom stereocenters. The number of ether oxygens (including phenoxy) is 2. The molecule has 0 bridgehead atoms. The van der Waals surface area contributed by atoms with Crippen molar-refractivity contribution in [3.8, 4) is 0 Å². The quantitative estimate of drug-likeness (QED) is 0.249. The van der Waals surface area contributed by atoms with Crippen LogP contribution >= 0.6 is 0 Å². The third kappa shape index (κ3) is 5.90. The van der Waals surface area contributed by atoms with Gasteiger partial charge in [0.05, 0.1) is 17.7 Å². The number of carbonyl (C=O) groups is 1. The van der Waals surface area contributed by atoms with E-state index in [1.165, 1.54) is 12.4 Å². The molecule has 3 heterocycles. The fourth-order valence-electron chi connectivity index (χ4n) is 3.72. The highest BCUT2D eigenvalue weighted by Crippen LogP contribution is 2.30. The Morgan fingerprint density at radius 2 is 1.94 bits per heavy atom. The fourth-order valence-corrected chi connectivity index (χ4v) is 3.72. The Kier molecular flexibility index (Phi) is 7.82. The number of rotatable bonds is 10. The van der Waals surface area contributed by atoms with Gasteiger partial charge in [-0.2, -0.15) is 0 Å². The van der Waals surface area contributed by atoms with Crippen LogP contribution in [0.4, 0.5) is 0 Å². The van der Waals surface area contributed by atoms with Crippen LogP contribution < -0.4 is 0 Å². The molecule has 0 aliphatic heterocycles. The molecule has 1 N–H and O–H groups in total. The van der Waals surface area contributed by atoms with Crippen LogP contribution in [-0.2, 0) is 16.1 Å². The van der Waals surface area contributed by atoms with E-state index >= 15 is 0 Å². The highest BCUT2D eigenvalue weighted by molar-refractivity contribution is 5.89. The maximum absolute atomic E-state index is 12.8. The Hall–Kier alpha value is -4.07. The molecule has 178 valence electrons. The van der Waals surface area contributed by atoms with Gasteiger partial charge in [-0.15, -0.1) is 0 Å².